The largest absolute Gasteiger partial charge is 0.492 e. The van der Waals surface area contributed by atoms with Gasteiger partial charge in [-0.2, -0.15) is 0 Å². The highest BCUT2D eigenvalue weighted by Gasteiger charge is 2.15. The molecule has 7 heteroatoms. The number of nitrogens with zero attached hydrogens (tertiary/aromatic N) is 2. The number of hydrogen-bond donors (Lipinski definition) is 1. The van der Waals surface area contributed by atoms with Crippen molar-refractivity contribution < 1.29 is 13.2 Å². The summed E-state index contributed by atoms with van der Waals surface area (Å²) >= 11 is 0. The Balaban J connectivity index is 1.53. The van der Waals surface area contributed by atoms with Crippen molar-refractivity contribution >= 4 is 15.7 Å². The van der Waals surface area contributed by atoms with Gasteiger partial charge in [0.25, 0.3) is 10.0 Å². The molecular weight excluding hydrogens is 410 g/mol. The van der Waals surface area contributed by atoms with Gasteiger partial charge in [-0.1, -0.05) is 32.4 Å². The molecule has 6 nitrogen and oxygen atoms in total. The Morgan fingerprint density at radius 2 is 1.58 bits per heavy atom. The SMILES string of the molecule is CCN(CC)CCOc1ccc(NS(=O)(=O)c2ccc(CN3CCCCC3)cc2)cc1. The third-order valence-corrected chi connectivity index (χ3v) is 7.16. The minimum Gasteiger partial charge on any atom is -0.492 e. The quantitative estimate of drug-likeness (QED) is 0.562. The van der Waals surface area contributed by atoms with E-state index in [0.717, 1.165) is 50.6 Å². The lowest BCUT2D eigenvalue weighted by atomic mass is 10.1. The average molecular weight is 446 g/mol. The highest BCUT2D eigenvalue weighted by atomic mass is 32.2. The molecule has 1 heterocycles. The van der Waals surface area contributed by atoms with Gasteiger partial charge in [-0.3, -0.25) is 9.62 Å². The van der Waals surface area contributed by atoms with E-state index in [-0.39, 0.29) is 4.90 Å². The third kappa shape index (κ3) is 7.23. The van der Waals surface area contributed by atoms with Gasteiger partial charge in [-0.25, -0.2) is 8.42 Å². The molecule has 1 fully saturated rings. The molecule has 1 N–H and O–H groups in total. The standard InChI is InChI=1S/C24H35N3O3S/c1-3-26(4-2)18-19-30-23-12-10-22(11-13-23)25-31(28,29)24-14-8-21(9-15-24)20-27-16-6-5-7-17-27/h8-15,25H,3-7,16-20H2,1-2H3. The van der Waals surface area contributed by atoms with Crippen LogP contribution in [0.25, 0.3) is 0 Å². The number of benzene rings is 2. The van der Waals surface area contributed by atoms with E-state index >= 15 is 0 Å². The van der Waals surface area contributed by atoms with Crippen molar-refractivity contribution in [2.45, 2.75) is 44.6 Å². The normalized spacial score (nSPS) is 15.2. The first kappa shape index (κ1) is 23.6. The molecule has 0 atom stereocenters. The second-order valence-electron chi connectivity index (χ2n) is 7.99. The number of likely N-dealkylation sites (tertiary alicyclic amines) is 1. The number of rotatable bonds is 11. The van der Waals surface area contributed by atoms with Crippen LogP contribution in [0.2, 0.25) is 0 Å². The lowest BCUT2D eigenvalue weighted by Gasteiger charge is -2.26. The molecule has 0 amide bonds. The topological polar surface area (TPSA) is 61.9 Å². The summed E-state index contributed by atoms with van der Waals surface area (Å²) in [5.74, 6) is 0.733. The van der Waals surface area contributed by atoms with Gasteiger partial charge in [0.15, 0.2) is 0 Å². The van der Waals surface area contributed by atoms with Gasteiger partial charge in [0.2, 0.25) is 0 Å². The molecule has 31 heavy (non-hydrogen) atoms. The van der Waals surface area contributed by atoms with Crippen LogP contribution in [0.15, 0.2) is 53.4 Å². The van der Waals surface area contributed by atoms with E-state index < -0.39 is 10.0 Å². The van der Waals surface area contributed by atoms with Crippen LogP contribution in [0, 0.1) is 0 Å². The highest BCUT2D eigenvalue weighted by Crippen LogP contribution is 2.21. The lowest BCUT2D eigenvalue weighted by Crippen LogP contribution is -2.29. The van der Waals surface area contributed by atoms with Gasteiger partial charge < -0.3 is 9.64 Å². The Kier molecular flexibility index (Phi) is 8.75. The van der Waals surface area contributed by atoms with E-state index in [1.807, 2.05) is 12.1 Å². The molecular formula is C24H35N3O3S. The molecule has 1 aliphatic heterocycles. The second kappa shape index (κ2) is 11.5. The second-order valence-corrected chi connectivity index (χ2v) is 9.67. The number of ether oxygens (including phenoxy) is 1. The zero-order valence-corrected chi connectivity index (χ0v) is 19.5. The zero-order chi connectivity index (χ0) is 22.1. The number of piperidine rings is 1. The molecule has 0 spiro atoms. The van der Waals surface area contributed by atoms with Crippen molar-refractivity contribution in [3.05, 3.63) is 54.1 Å². The van der Waals surface area contributed by atoms with E-state index in [1.165, 1.54) is 19.3 Å². The third-order valence-electron chi connectivity index (χ3n) is 5.77. The molecule has 0 saturated carbocycles. The zero-order valence-electron chi connectivity index (χ0n) is 18.7. The number of nitrogens with one attached hydrogen (secondary N) is 1. The van der Waals surface area contributed by atoms with Crippen molar-refractivity contribution in [3.63, 3.8) is 0 Å². The van der Waals surface area contributed by atoms with Crippen molar-refractivity contribution in [1.82, 2.24) is 9.80 Å². The van der Waals surface area contributed by atoms with E-state index in [4.69, 9.17) is 4.74 Å². The predicted octanol–water partition coefficient (Wildman–Crippen LogP) is 4.19. The Bertz CT molecular complexity index is 889. The fraction of sp³-hybridized carbons (Fsp3) is 0.500. The van der Waals surface area contributed by atoms with Gasteiger partial charge in [0, 0.05) is 18.8 Å². The molecule has 2 aromatic carbocycles. The van der Waals surface area contributed by atoms with Crippen molar-refractivity contribution in [2.75, 3.05) is 44.1 Å². The number of hydrogen-bond acceptors (Lipinski definition) is 5. The van der Waals surface area contributed by atoms with Crippen LogP contribution in [-0.4, -0.2) is 57.5 Å². The maximum atomic E-state index is 12.7. The number of likely N-dealkylation sites (N-methyl/N-ethyl adjacent to an activating group) is 1. The van der Waals surface area contributed by atoms with Gasteiger partial charge in [0.1, 0.15) is 12.4 Å². The molecule has 0 radical (unpaired) electrons. The monoisotopic (exact) mass is 445 g/mol. The molecule has 0 aliphatic carbocycles. The average Bonchev–Trinajstić information content (AvgIpc) is 2.79. The number of sulfonamides is 1. The van der Waals surface area contributed by atoms with Crippen LogP contribution in [-0.2, 0) is 16.6 Å². The van der Waals surface area contributed by atoms with Gasteiger partial charge in [-0.15, -0.1) is 0 Å². The van der Waals surface area contributed by atoms with Crippen LogP contribution in [0.5, 0.6) is 5.75 Å². The van der Waals surface area contributed by atoms with E-state index in [1.54, 1.807) is 36.4 Å². The summed E-state index contributed by atoms with van der Waals surface area (Å²) in [4.78, 5) is 4.99. The molecule has 2 aromatic rings. The summed E-state index contributed by atoms with van der Waals surface area (Å²) < 4.78 is 33.9. The molecule has 0 aromatic heterocycles. The first-order valence-corrected chi connectivity index (χ1v) is 12.8. The fourth-order valence-corrected chi connectivity index (χ4v) is 4.87. The van der Waals surface area contributed by atoms with Crippen LogP contribution in [0.1, 0.15) is 38.7 Å². The maximum absolute atomic E-state index is 12.7. The Hall–Kier alpha value is -2.09. The van der Waals surface area contributed by atoms with Gasteiger partial charge in [-0.05, 0) is 81.0 Å². The van der Waals surface area contributed by atoms with Crippen LogP contribution < -0.4 is 9.46 Å². The van der Waals surface area contributed by atoms with Crippen LogP contribution in [0.3, 0.4) is 0 Å². The highest BCUT2D eigenvalue weighted by molar-refractivity contribution is 7.92. The van der Waals surface area contributed by atoms with Crippen LogP contribution >= 0.6 is 0 Å². The Morgan fingerprint density at radius 1 is 0.935 bits per heavy atom. The first-order valence-electron chi connectivity index (χ1n) is 11.3. The molecule has 1 aliphatic rings. The minimum atomic E-state index is -3.62. The van der Waals surface area contributed by atoms with Crippen LogP contribution in [0.4, 0.5) is 5.69 Å². The van der Waals surface area contributed by atoms with E-state index in [0.29, 0.717) is 12.3 Å². The van der Waals surface area contributed by atoms with Crippen molar-refractivity contribution in [1.29, 1.82) is 0 Å². The summed E-state index contributed by atoms with van der Waals surface area (Å²) in [6, 6.07) is 14.2. The molecule has 0 bridgehead atoms. The summed E-state index contributed by atoms with van der Waals surface area (Å²) in [5.41, 5.74) is 1.67. The van der Waals surface area contributed by atoms with E-state index in [2.05, 4.69) is 28.4 Å². The summed E-state index contributed by atoms with van der Waals surface area (Å²) in [5, 5.41) is 0. The van der Waals surface area contributed by atoms with Crippen molar-refractivity contribution in [3.8, 4) is 5.75 Å². The summed E-state index contributed by atoms with van der Waals surface area (Å²) in [6.07, 6.45) is 3.80. The first-order chi connectivity index (χ1) is 15.0. The fourth-order valence-electron chi connectivity index (χ4n) is 3.82. The van der Waals surface area contributed by atoms with Gasteiger partial charge in [0.05, 0.1) is 4.90 Å². The maximum Gasteiger partial charge on any atom is 0.261 e. The van der Waals surface area contributed by atoms with Crippen molar-refractivity contribution in [2.24, 2.45) is 0 Å². The summed E-state index contributed by atoms with van der Waals surface area (Å²) in [6.45, 7) is 10.9. The molecule has 3 rings (SSSR count). The van der Waals surface area contributed by atoms with Gasteiger partial charge >= 0.3 is 0 Å². The predicted molar refractivity (Wildman–Crippen MR) is 126 cm³/mol. The molecule has 170 valence electrons. The molecule has 1 saturated heterocycles. The number of anilines is 1. The Morgan fingerprint density at radius 3 is 2.19 bits per heavy atom. The summed E-state index contributed by atoms with van der Waals surface area (Å²) in [7, 11) is -3.62. The van der Waals surface area contributed by atoms with E-state index in [9.17, 15) is 8.42 Å². The molecule has 0 unspecified atom stereocenters. The minimum absolute atomic E-state index is 0.273. The Labute approximate surface area is 187 Å². The smallest absolute Gasteiger partial charge is 0.261 e. The lowest BCUT2D eigenvalue weighted by molar-refractivity contribution is 0.221.